The maximum atomic E-state index is 11.4. The zero-order chi connectivity index (χ0) is 17.6. The van der Waals surface area contributed by atoms with Gasteiger partial charge in [0.1, 0.15) is 5.69 Å². The summed E-state index contributed by atoms with van der Waals surface area (Å²) in [6, 6.07) is 11.3. The van der Waals surface area contributed by atoms with E-state index >= 15 is 0 Å². The van der Waals surface area contributed by atoms with Gasteiger partial charge in [0.2, 0.25) is 0 Å². The fourth-order valence-corrected chi connectivity index (χ4v) is 3.98. The fourth-order valence-electron chi connectivity index (χ4n) is 3.98. The molecule has 0 saturated heterocycles. The molecule has 3 atom stereocenters. The summed E-state index contributed by atoms with van der Waals surface area (Å²) in [6.45, 7) is 0. The molecule has 126 valence electrons. The van der Waals surface area contributed by atoms with Crippen LogP contribution < -0.4 is 5.32 Å². The Balaban J connectivity index is 1.88. The highest BCUT2D eigenvalue weighted by molar-refractivity contribution is 5.71. The predicted octanol–water partition coefficient (Wildman–Crippen LogP) is 4.33. The van der Waals surface area contributed by atoms with E-state index in [1.807, 2.05) is 12.1 Å². The first-order chi connectivity index (χ1) is 12.1. The monoisotopic (exact) mass is 337 g/mol. The van der Waals surface area contributed by atoms with E-state index in [1.165, 1.54) is 12.1 Å². The lowest BCUT2D eigenvalue weighted by Crippen LogP contribution is -2.30. The van der Waals surface area contributed by atoms with E-state index in [4.69, 9.17) is 0 Å². The second-order valence-corrected chi connectivity index (χ2v) is 6.29. The maximum Gasteiger partial charge on any atom is 0.292 e. The molecule has 2 aromatic carbocycles. The largest absolute Gasteiger partial charge is 0.372 e. The van der Waals surface area contributed by atoms with E-state index in [9.17, 15) is 20.2 Å². The molecule has 0 saturated carbocycles. The van der Waals surface area contributed by atoms with E-state index in [2.05, 4.69) is 11.4 Å². The van der Waals surface area contributed by atoms with Crippen LogP contribution in [0.3, 0.4) is 0 Å². The van der Waals surface area contributed by atoms with Gasteiger partial charge in [0.05, 0.1) is 21.5 Å². The van der Waals surface area contributed by atoms with Crippen molar-refractivity contribution < 1.29 is 9.85 Å². The van der Waals surface area contributed by atoms with Crippen LogP contribution >= 0.6 is 0 Å². The number of fused-ring (bicyclic) bond motifs is 3. The third-order valence-corrected chi connectivity index (χ3v) is 5.04. The first-order valence-electron chi connectivity index (χ1n) is 8.01. The fraction of sp³-hybridized carbons (Fsp3) is 0.222. The van der Waals surface area contributed by atoms with Crippen molar-refractivity contribution in [1.29, 1.82) is 0 Å². The summed E-state index contributed by atoms with van der Waals surface area (Å²) in [6.07, 6.45) is 4.87. The van der Waals surface area contributed by atoms with Gasteiger partial charge in [-0.1, -0.05) is 42.5 Å². The SMILES string of the molecule is O=[N+]([O-])c1ccccc1[C@H]1Nc2c(cccc2[N+](=O)[O-])[C@H]2C=CC[C@@H]21. The third kappa shape index (κ3) is 2.36. The molecule has 0 radical (unpaired) electrons. The standard InChI is InChI=1S/C18H15N3O4/c22-20(23)15-9-2-1-5-14(15)17-12-7-3-6-11(12)13-8-4-10-16(21(24)25)18(13)19-17/h1-6,8-12,17,19H,7H2/t11-,12-,17-/m0/s1. The molecular formula is C18H15N3O4. The summed E-state index contributed by atoms with van der Waals surface area (Å²) >= 11 is 0. The van der Waals surface area contributed by atoms with Crippen LogP contribution in [0, 0.1) is 26.1 Å². The Morgan fingerprint density at radius 3 is 2.36 bits per heavy atom. The van der Waals surface area contributed by atoms with Gasteiger partial charge in [-0.3, -0.25) is 20.2 Å². The zero-order valence-electron chi connectivity index (χ0n) is 13.2. The van der Waals surface area contributed by atoms with E-state index in [-0.39, 0.29) is 29.3 Å². The third-order valence-electron chi connectivity index (χ3n) is 5.04. The van der Waals surface area contributed by atoms with Gasteiger partial charge in [0.15, 0.2) is 0 Å². The van der Waals surface area contributed by atoms with E-state index in [0.717, 1.165) is 12.0 Å². The average molecular weight is 337 g/mol. The van der Waals surface area contributed by atoms with Crippen molar-refractivity contribution in [2.45, 2.75) is 18.4 Å². The van der Waals surface area contributed by atoms with Crippen LogP contribution in [-0.2, 0) is 0 Å². The molecule has 0 amide bonds. The van der Waals surface area contributed by atoms with Crippen molar-refractivity contribution in [3.05, 3.63) is 86.0 Å². The molecule has 0 fully saturated rings. The molecule has 2 aliphatic rings. The minimum Gasteiger partial charge on any atom is -0.372 e. The van der Waals surface area contributed by atoms with Gasteiger partial charge in [-0.25, -0.2) is 0 Å². The Hall–Kier alpha value is -3.22. The van der Waals surface area contributed by atoms with Crippen molar-refractivity contribution in [1.82, 2.24) is 0 Å². The highest BCUT2D eigenvalue weighted by Crippen LogP contribution is 2.52. The summed E-state index contributed by atoms with van der Waals surface area (Å²) in [5.41, 5.74) is 1.94. The van der Waals surface area contributed by atoms with Crippen LogP contribution in [-0.4, -0.2) is 9.85 Å². The van der Waals surface area contributed by atoms with Gasteiger partial charge in [0.25, 0.3) is 11.4 Å². The molecule has 7 heteroatoms. The lowest BCUT2D eigenvalue weighted by atomic mass is 9.76. The Labute approximate surface area is 143 Å². The van der Waals surface area contributed by atoms with Crippen LogP contribution in [0.4, 0.5) is 17.1 Å². The number of hydrogen-bond acceptors (Lipinski definition) is 5. The predicted molar refractivity (Wildman–Crippen MR) is 92.5 cm³/mol. The molecule has 4 rings (SSSR count). The Kier molecular flexibility index (Phi) is 3.49. The summed E-state index contributed by atoms with van der Waals surface area (Å²) < 4.78 is 0. The van der Waals surface area contributed by atoms with Crippen molar-refractivity contribution in [2.24, 2.45) is 5.92 Å². The number of allylic oxidation sites excluding steroid dienone is 2. The highest BCUT2D eigenvalue weighted by Gasteiger charge is 2.42. The van der Waals surface area contributed by atoms with E-state index in [0.29, 0.717) is 11.3 Å². The van der Waals surface area contributed by atoms with Crippen molar-refractivity contribution in [2.75, 3.05) is 5.32 Å². The highest BCUT2D eigenvalue weighted by atomic mass is 16.6. The minimum absolute atomic E-state index is 0.000154. The summed E-state index contributed by atoms with van der Waals surface area (Å²) in [4.78, 5) is 22.0. The van der Waals surface area contributed by atoms with Gasteiger partial charge in [-0.05, 0) is 17.9 Å². The molecule has 0 unspecified atom stereocenters. The van der Waals surface area contributed by atoms with Crippen molar-refractivity contribution >= 4 is 17.1 Å². The van der Waals surface area contributed by atoms with Crippen molar-refractivity contribution in [3.8, 4) is 0 Å². The normalized spacial score (nSPS) is 23.4. The van der Waals surface area contributed by atoms with Crippen LogP contribution in [0.5, 0.6) is 0 Å². The summed E-state index contributed by atoms with van der Waals surface area (Å²) in [5, 5.41) is 26.1. The van der Waals surface area contributed by atoms with E-state index in [1.54, 1.807) is 24.3 Å². The number of nitro benzene ring substituents is 2. The number of nitro groups is 2. The Morgan fingerprint density at radius 2 is 1.60 bits per heavy atom. The van der Waals surface area contributed by atoms with Gasteiger partial charge in [0, 0.05) is 18.1 Å². The molecule has 1 N–H and O–H groups in total. The lowest BCUT2D eigenvalue weighted by molar-refractivity contribution is -0.386. The summed E-state index contributed by atoms with van der Waals surface area (Å²) in [7, 11) is 0. The van der Waals surface area contributed by atoms with Crippen LogP contribution in [0.25, 0.3) is 0 Å². The Bertz CT molecular complexity index is 909. The van der Waals surface area contributed by atoms with Crippen LogP contribution in [0.15, 0.2) is 54.6 Å². The molecule has 1 heterocycles. The quantitative estimate of drug-likeness (QED) is 0.510. The number of hydrogen-bond donors (Lipinski definition) is 1. The molecule has 1 aliphatic carbocycles. The van der Waals surface area contributed by atoms with Crippen molar-refractivity contribution in [3.63, 3.8) is 0 Å². The molecule has 0 aromatic heterocycles. The number of nitrogens with one attached hydrogen (secondary N) is 1. The number of nitrogens with zero attached hydrogens (tertiary/aromatic N) is 2. The van der Waals surface area contributed by atoms with Crippen LogP contribution in [0.2, 0.25) is 0 Å². The van der Waals surface area contributed by atoms with E-state index < -0.39 is 9.85 Å². The molecule has 1 aliphatic heterocycles. The van der Waals surface area contributed by atoms with Crippen LogP contribution in [0.1, 0.15) is 29.5 Å². The lowest BCUT2D eigenvalue weighted by Gasteiger charge is -2.36. The van der Waals surface area contributed by atoms with Gasteiger partial charge >= 0.3 is 0 Å². The maximum absolute atomic E-state index is 11.4. The molecule has 0 spiro atoms. The number of para-hydroxylation sites is 2. The van der Waals surface area contributed by atoms with Gasteiger partial charge in [-0.2, -0.15) is 0 Å². The topological polar surface area (TPSA) is 98.3 Å². The Morgan fingerprint density at radius 1 is 0.920 bits per heavy atom. The first-order valence-corrected chi connectivity index (χ1v) is 8.01. The zero-order valence-corrected chi connectivity index (χ0v) is 13.2. The number of rotatable bonds is 3. The average Bonchev–Trinajstić information content (AvgIpc) is 3.10. The second kappa shape index (κ2) is 5.70. The molecular weight excluding hydrogens is 322 g/mol. The number of anilines is 1. The first kappa shape index (κ1) is 15.3. The summed E-state index contributed by atoms with van der Waals surface area (Å²) in [5.74, 6) is 0.108. The molecule has 25 heavy (non-hydrogen) atoms. The minimum atomic E-state index is -0.415. The molecule has 2 aromatic rings. The molecule has 0 bridgehead atoms. The van der Waals surface area contributed by atoms with Gasteiger partial charge in [-0.15, -0.1) is 0 Å². The number of benzene rings is 2. The smallest absolute Gasteiger partial charge is 0.292 e. The second-order valence-electron chi connectivity index (χ2n) is 6.29. The molecule has 7 nitrogen and oxygen atoms in total. The van der Waals surface area contributed by atoms with Gasteiger partial charge < -0.3 is 5.32 Å².